The average Bonchev–Trinajstić information content (AvgIpc) is 2.99. The number of aryl methyl sites for hydroxylation is 1. The van der Waals surface area contributed by atoms with E-state index in [1.807, 2.05) is 66.1 Å². The zero-order valence-electron chi connectivity index (χ0n) is 16.2. The summed E-state index contributed by atoms with van der Waals surface area (Å²) in [6.07, 6.45) is 2.20. The highest BCUT2D eigenvalue weighted by Gasteiger charge is 2.41. The highest BCUT2D eigenvalue weighted by atomic mass is 16.5. The van der Waals surface area contributed by atoms with Gasteiger partial charge in [-0.3, -0.25) is 4.79 Å². The summed E-state index contributed by atoms with van der Waals surface area (Å²) >= 11 is 0. The van der Waals surface area contributed by atoms with E-state index < -0.39 is 11.7 Å². The molecule has 2 atom stereocenters. The lowest BCUT2D eigenvalue weighted by molar-refractivity contribution is -0.142. The highest BCUT2D eigenvalue weighted by molar-refractivity contribution is 5.79. The van der Waals surface area contributed by atoms with Crippen molar-refractivity contribution >= 4 is 11.6 Å². The minimum atomic E-state index is -0.980. The van der Waals surface area contributed by atoms with E-state index in [9.17, 15) is 9.90 Å². The summed E-state index contributed by atoms with van der Waals surface area (Å²) in [6.45, 7) is 4.57. The fraction of sp³-hybridized carbons (Fsp3) is 0.364. The van der Waals surface area contributed by atoms with Crippen LogP contribution < -0.4 is 4.74 Å². The summed E-state index contributed by atoms with van der Waals surface area (Å²) in [5.41, 5.74) is 1.63. The Kier molecular flexibility index (Phi) is 4.81. The Hall–Kier alpha value is -2.86. The standard InChI is InChI=1S/C22H25N3O3/c1-16-18(25-12-7-6-10-20(25)23-16)14-21(26)24-13-11-22(2,27)19(15-24)28-17-8-4-3-5-9-17/h3-10,12,19,27H,11,13-15H2,1-2H3/t19-,22-/m0/s1. The van der Waals surface area contributed by atoms with Gasteiger partial charge in [-0.1, -0.05) is 24.3 Å². The second-order valence-corrected chi connectivity index (χ2v) is 7.62. The molecule has 0 unspecified atom stereocenters. The Balaban J connectivity index is 1.50. The van der Waals surface area contributed by atoms with Crippen LogP contribution in [0.2, 0.25) is 0 Å². The maximum Gasteiger partial charge on any atom is 0.228 e. The van der Waals surface area contributed by atoms with Crippen molar-refractivity contribution in [2.45, 2.75) is 38.4 Å². The van der Waals surface area contributed by atoms with E-state index in [-0.39, 0.29) is 12.3 Å². The third-order valence-electron chi connectivity index (χ3n) is 5.49. The number of rotatable bonds is 4. The van der Waals surface area contributed by atoms with Crippen LogP contribution in [0.1, 0.15) is 24.7 Å². The van der Waals surface area contributed by atoms with E-state index >= 15 is 0 Å². The molecule has 1 N–H and O–H groups in total. The molecule has 2 aromatic heterocycles. The van der Waals surface area contributed by atoms with E-state index in [0.29, 0.717) is 25.3 Å². The van der Waals surface area contributed by atoms with Crippen LogP contribution in [-0.2, 0) is 11.2 Å². The first-order valence-electron chi connectivity index (χ1n) is 9.58. The summed E-state index contributed by atoms with van der Waals surface area (Å²) in [5, 5.41) is 10.8. The molecule has 4 rings (SSSR count). The van der Waals surface area contributed by atoms with E-state index in [1.54, 1.807) is 11.8 Å². The monoisotopic (exact) mass is 379 g/mol. The van der Waals surface area contributed by atoms with Gasteiger partial charge in [0.15, 0.2) is 0 Å². The molecule has 0 aliphatic carbocycles. The molecular weight excluding hydrogens is 354 g/mol. The van der Waals surface area contributed by atoms with Crippen molar-refractivity contribution in [3.8, 4) is 5.75 Å². The van der Waals surface area contributed by atoms with Crippen molar-refractivity contribution in [1.29, 1.82) is 0 Å². The molecule has 1 amide bonds. The van der Waals surface area contributed by atoms with Crippen LogP contribution in [0.5, 0.6) is 5.75 Å². The van der Waals surface area contributed by atoms with E-state index in [1.165, 1.54) is 0 Å². The predicted molar refractivity (Wildman–Crippen MR) is 106 cm³/mol. The first kappa shape index (κ1) is 18.5. The topological polar surface area (TPSA) is 67.1 Å². The number of pyridine rings is 1. The van der Waals surface area contributed by atoms with Gasteiger partial charge in [0.25, 0.3) is 0 Å². The number of aliphatic hydroxyl groups is 1. The maximum atomic E-state index is 13.0. The van der Waals surface area contributed by atoms with Crippen molar-refractivity contribution < 1.29 is 14.6 Å². The number of ether oxygens (including phenoxy) is 1. The minimum Gasteiger partial charge on any atom is -0.486 e. The number of carbonyl (C=O) groups excluding carboxylic acids is 1. The van der Waals surface area contributed by atoms with Crippen LogP contribution in [0.15, 0.2) is 54.7 Å². The van der Waals surface area contributed by atoms with Gasteiger partial charge in [0.2, 0.25) is 5.91 Å². The average molecular weight is 379 g/mol. The first-order valence-corrected chi connectivity index (χ1v) is 9.58. The normalized spacial score (nSPS) is 22.4. The molecule has 0 spiro atoms. The van der Waals surface area contributed by atoms with E-state index in [4.69, 9.17) is 4.74 Å². The number of benzene rings is 1. The van der Waals surface area contributed by atoms with Gasteiger partial charge in [-0.25, -0.2) is 4.98 Å². The zero-order chi connectivity index (χ0) is 19.7. The van der Waals surface area contributed by atoms with Gasteiger partial charge in [0.05, 0.1) is 24.4 Å². The van der Waals surface area contributed by atoms with Crippen molar-refractivity contribution in [2.24, 2.45) is 0 Å². The second-order valence-electron chi connectivity index (χ2n) is 7.62. The van der Waals surface area contributed by atoms with Crippen LogP contribution in [-0.4, -0.2) is 50.1 Å². The molecule has 1 aliphatic rings. The number of piperidine rings is 1. The predicted octanol–water partition coefficient (Wildman–Crippen LogP) is 2.62. The van der Waals surface area contributed by atoms with Crippen LogP contribution >= 0.6 is 0 Å². The molecule has 3 heterocycles. The van der Waals surface area contributed by atoms with Gasteiger partial charge >= 0.3 is 0 Å². The van der Waals surface area contributed by atoms with Crippen molar-refractivity contribution in [3.63, 3.8) is 0 Å². The largest absolute Gasteiger partial charge is 0.486 e. The van der Waals surface area contributed by atoms with Crippen molar-refractivity contribution in [2.75, 3.05) is 13.1 Å². The number of likely N-dealkylation sites (tertiary alicyclic amines) is 1. The highest BCUT2D eigenvalue weighted by Crippen LogP contribution is 2.27. The molecule has 1 aromatic carbocycles. The maximum absolute atomic E-state index is 13.0. The molecule has 3 aromatic rings. The van der Waals surface area contributed by atoms with E-state index in [0.717, 1.165) is 17.0 Å². The Labute approximate surface area is 164 Å². The smallest absolute Gasteiger partial charge is 0.228 e. The van der Waals surface area contributed by atoms with Crippen LogP contribution in [0.25, 0.3) is 5.65 Å². The number of nitrogens with zero attached hydrogens (tertiary/aromatic N) is 3. The number of hydrogen-bond acceptors (Lipinski definition) is 4. The number of para-hydroxylation sites is 1. The molecule has 28 heavy (non-hydrogen) atoms. The summed E-state index contributed by atoms with van der Waals surface area (Å²) in [7, 11) is 0. The Bertz CT molecular complexity index is 981. The van der Waals surface area contributed by atoms with Gasteiger partial charge in [0, 0.05) is 12.7 Å². The number of amides is 1. The Morgan fingerprint density at radius 3 is 2.79 bits per heavy atom. The van der Waals surface area contributed by atoms with Gasteiger partial charge in [-0.15, -0.1) is 0 Å². The second kappa shape index (κ2) is 7.28. The molecule has 1 fully saturated rings. The van der Waals surface area contributed by atoms with Gasteiger partial charge in [-0.05, 0) is 44.5 Å². The van der Waals surface area contributed by atoms with Gasteiger partial charge < -0.3 is 19.1 Å². The van der Waals surface area contributed by atoms with E-state index in [2.05, 4.69) is 4.98 Å². The molecule has 0 bridgehead atoms. The fourth-order valence-corrected chi connectivity index (χ4v) is 3.70. The summed E-state index contributed by atoms with van der Waals surface area (Å²) in [4.78, 5) is 19.3. The SMILES string of the molecule is Cc1nc2ccccn2c1CC(=O)N1CC[C@](C)(O)[C@@H](Oc2ccccc2)C1. The third-order valence-corrected chi connectivity index (χ3v) is 5.49. The first-order chi connectivity index (χ1) is 13.4. The zero-order valence-corrected chi connectivity index (χ0v) is 16.2. The Morgan fingerprint density at radius 1 is 1.25 bits per heavy atom. The molecule has 0 radical (unpaired) electrons. The summed E-state index contributed by atoms with van der Waals surface area (Å²) < 4.78 is 7.98. The molecular formula is C22H25N3O3. The Morgan fingerprint density at radius 2 is 2.00 bits per heavy atom. The summed E-state index contributed by atoms with van der Waals surface area (Å²) in [5.74, 6) is 0.714. The quantitative estimate of drug-likeness (QED) is 0.757. The van der Waals surface area contributed by atoms with Crippen molar-refractivity contribution in [3.05, 3.63) is 66.1 Å². The molecule has 6 nitrogen and oxygen atoms in total. The van der Waals surface area contributed by atoms with Crippen LogP contribution in [0.4, 0.5) is 0 Å². The number of carbonyl (C=O) groups is 1. The molecule has 146 valence electrons. The van der Waals surface area contributed by atoms with Crippen LogP contribution in [0, 0.1) is 6.92 Å². The molecule has 1 saturated heterocycles. The van der Waals surface area contributed by atoms with Crippen molar-refractivity contribution in [1.82, 2.24) is 14.3 Å². The summed E-state index contributed by atoms with van der Waals surface area (Å²) in [6, 6.07) is 15.2. The number of fused-ring (bicyclic) bond motifs is 1. The molecule has 0 saturated carbocycles. The molecule has 6 heteroatoms. The molecule has 1 aliphatic heterocycles. The number of aromatic nitrogens is 2. The third kappa shape index (κ3) is 3.60. The fourth-order valence-electron chi connectivity index (χ4n) is 3.70. The number of imidazole rings is 1. The number of hydrogen-bond donors (Lipinski definition) is 1. The lowest BCUT2D eigenvalue weighted by Crippen LogP contribution is -2.57. The van der Waals surface area contributed by atoms with Crippen LogP contribution in [0.3, 0.4) is 0 Å². The minimum absolute atomic E-state index is 0.0194. The lowest BCUT2D eigenvalue weighted by atomic mass is 9.90. The van der Waals surface area contributed by atoms with Gasteiger partial charge in [0.1, 0.15) is 23.1 Å². The lowest BCUT2D eigenvalue weighted by Gasteiger charge is -2.42. The van der Waals surface area contributed by atoms with Gasteiger partial charge in [-0.2, -0.15) is 0 Å².